The summed E-state index contributed by atoms with van der Waals surface area (Å²) in [7, 11) is 0.321. The topological polar surface area (TPSA) is 57.7 Å². The number of benzene rings is 1. The molecule has 0 radical (unpaired) electrons. The lowest BCUT2D eigenvalue weighted by atomic mass is 9.66. The molecule has 204 valence electrons. The van der Waals surface area contributed by atoms with Crippen LogP contribution in [0.25, 0.3) is 5.57 Å². The molecular weight excluding hydrogens is 492 g/mol. The van der Waals surface area contributed by atoms with E-state index >= 15 is 0 Å². The third kappa shape index (κ3) is 7.12. The molecule has 1 atom stereocenters. The minimum absolute atomic E-state index is 0.110. The van der Waals surface area contributed by atoms with Crippen LogP contribution in [0.15, 0.2) is 89.9 Å². The lowest BCUT2D eigenvalue weighted by molar-refractivity contribution is -0.116. The van der Waals surface area contributed by atoms with Gasteiger partial charge in [0, 0.05) is 44.7 Å². The van der Waals surface area contributed by atoms with E-state index in [1.54, 1.807) is 16.5 Å². The summed E-state index contributed by atoms with van der Waals surface area (Å²) in [5.74, 6) is 0.153. The highest BCUT2D eigenvalue weighted by atomic mass is 32.2. The van der Waals surface area contributed by atoms with E-state index in [0.717, 1.165) is 35.2 Å². The zero-order valence-corrected chi connectivity index (χ0v) is 24.1. The van der Waals surface area contributed by atoms with Crippen LogP contribution < -0.4 is 4.90 Å². The maximum absolute atomic E-state index is 13.5. The predicted molar refractivity (Wildman–Crippen MR) is 160 cm³/mol. The van der Waals surface area contributed by atoms with Gasteiger partial charge in [-0.3, -0.25) is 4.79 Å². The van der Waals surface area contributed by atoms with Gasteiger partial charge in [0.05, 0.1) is 4.91 Å². The highest BCUT2D eigenvalue weighted by molar-refractivity contribution is 7.93. The first kappa shape index (κ1) is 29.6. The Balaban J connectivity index is 1.71. The zero-order chi connectivity index (χ0) is 27.8. The molecule has 0 amide bonds. The number of ketones is 1. The number of allylic oxidation sites excluding steroid dienone is 9. The van der Waals surface area contributed by atoms with E-state index < -0.39 is 10.0 Å². The molecule has 1 fully saturated rings. The molecule has 1 aromatic rings. The van der Waals surface area contributed by atoms with Crippen LogP contribution in [-0.4, -0.2) is 45.7 Å². The van der Waals surface area contributed by atoms with Crippen LogP contribution in [0.5, 0.6) is 0 Å². The van der Waals surface area contributed by atoms with Gasteiger partial charge in [-0.1, -0.05) is 60.7 Å². The minimum atomic E-state index is -3.70. The molecule has 0 bridgehead atoms. The van der Waals surface area contributed by atoms with Crippen molar-refractivity contribution in [2.75, 3.05) is 32.1 Å². The first-order valence-corrected chi connectivity index (χ1v) is 14.9. The molecule has 1 unspecified atom stereocenters. The van der Waals surface area contributed by atoms with Gasteiger partial charge >= 0.3 is 0 Å². The Kier molecular flexibility index (Phi) is 10.3. The summed E-state index contributed by atoms with van der Waals surface area (Å²) in [5.41, 5.74) is 4.19. The first-order chi connectivity index (χ1) is 18.1. The van der Waals surface area contributed by atoms with Gasteiger partial charge in [-0.05, 0) is 81.4 Å². The molecule has 6 heteroatoms. The maximum Gasteiger partial charge on any atom is 0.242 e. The van der Waals surface area contributed by atoms with Crippen LogP contribution in [0.3, 0.4) is 0 Å². The van der Waals surface area contributed by atoms with E-state index in [2.05, 4.69) is 47.9 Å². The molecule has 1 heterocycles. The van der Waals surface area contributed by atoms with E-state index in [0.29, 0.717) is 38.8 Å². The summed E-state index contributed by atoms with van der Waals surface area (Å²) in [6.45, 7) is 8.68. The molecule has 1 aliphatic carbocycles. The van der Waals surface area contributed by atoms with Crippen LogP contribution >= 0.6 is 0 Å². The van der Waals surface area contributed by atoms with Gasteiger partial charge < -0.3 is 4.90 Å². The number of hydrogen-bond acceptors (Lipinski definition) is 4. The van der Waals surface area contributed by atoms with Crippen molar-refractivity contribution < 1.29 is 13.2 Å². The standard InChI is InChI=1S/C32H42N2O3S/c1-6-8-9-10-11-21-32-22-19-31(35)24-29(32)20-23-34(25-32)38(36,37)26(3)13-12-14-27(7-2)28-15-17-30(18-16-28)33(4)5/h6-10,12-13,15-18,24H,3,11,14,19-23,25H2,1-2,4-5H3/b8-6-,10-9-,13-12-,27-7+. The van der Waals surface area contributed by atoms with Gasteiger partial charge in [-0.15, -0.1) is 0 Å². The van der Waals surface area contributed by atoms with Gasteiger partial charge in [0.25, 0.3) is 0 Å². The Morgan fingerprint density at radius 2 is 1.84 bits per heavy atom. The summed E-state index contributed by atoms with van der Waals surface area (Å²) in [6.07, 6.45) is 19.5. The van der Waals surface area contributed by atoms with Gasteiger partial charge in [-0.25, -0.2) is 8.42 Å². The quantitative estimate of drug-likeness (QED) is 0.292. The van der Waals surface area contributed by atoms with Crippen LogP contribution in [-0.2, 0) is 14.8 Å². The molecular formula is C32H42N2O3S. The number of anilines is 1. The Hall–Kier alpha value is -2.96. The van der Waals surface area contributed by atoms with Crippen molar-refractivity contribution in [3.8, 4) is 0 Å². The highest BCUT2D eigenvalue weighted by Crippen LogP contribution is 2.46. The van der Waals surface area contributed by atoms with Crippen LogP contribution in [0.2, 0.25) is 0 Å². The molecule has 38 heavy (non-hydrogen) atoms. The monoisotopic (exact) mass is 534 g/mol. The van der Waals surface area contributed by atoms with E-state index in [9.17, 15) is 13.2 Å². The minimum Gasteiger partial charge on any atom is -0.378 e. The fourth-order valence-electron chi connectivity index (χ4n) is 5.28. The second-order valence-electron chi connectivity index (χ2n) is 10.3. The summed E-state index contributed by atoms with van der Waals surface area (Å²) in [6, 6.07) is 8.34. The Morgan fingerprint density at radius 3 is 2.50 bits per heavy atom. The number of carbonyl (C=O) groups excluding carboxylic acids is 1. The number of piperidine rings is 1. The molecule has 1 aliphatic heterocycles. The van der Waals surface area contributed by atoms with Gasteiger partial charge in [0.15, 0.2) is 5.78 Å². The molecule has 0 N–H and O–H groups in total. The van der Waals surface area contributed by atoms with Gasteiger partial charge in [0.2, 0.25) is 10.0 Å². The SMILES string of the molecule is C=C(/C=C\C/C(=C\C)c1ccc(N(C)C)cc1)S(=O)(=O)N1CCC2=CC(=O)CCC2(CC/C=C\C=C/C)C1. The second-order valence-corrected chi connectivity index (χ2v) is 12.3. The van der Waals surface area contributed by atoms with Crippen molar-refractivity contribution >= 4 is 27.1 Å². The summed E-state index contributed by atoms with van der Waals surface area (Å²) in [5, 5.41) is 0. The van der Waals surface area contributed by atoms with Crippen molar-refractivity contribution in [2.45, 2.75) is 52.4 Å². The van der Waals surface area contributed by atoms with E-state index in [4.69, 9.17) is 0 Å². The summed E-state index contributed by atoms with van der Waals surface area (Å²) < 4.78 is 28.7. The lowest BCUT2D eigenvalue weighted by Crippen LogP contribution is -2.48. The Morgan fingerprint density at radius 1 is 1.11 bits per heavy atom. The normalized spacial score (nSPS) is 21.3. The third-order valence-corrected chi connectivity index (χ3v) is 9.41. The first-order valence-electron chi connectivity index (χ1n) is 13.4. The zero-order valence-electron chi connectivity index (χ0n) is 23.3. The van der Waals surface area contributed by atoms with Crippen molar-refractivity contribution in [3.63, 3.8) is 0 Å². The number of carbonyl (C=O) groups is 1. The average molecular weight is 535 g/mol. The fraction of sp³-hybridized carbons (Fsp3) is 0.406. The summed E-state index contributed by atoms with van der Waals surface area (Å²) >= 11 is 0. The third-order valence-electron chi connectivity index (χ3n) is 7.62. The molecule has 1 aromatic carbocycles. The molecule has 1 saturated heterocycles. The fourth-order valence-corrected chi connectivity index (χ4v) is 6.63. The second kappa shape index (κ2) is 13.2. The van der Waals surface area contributed by atoms with Crippen LogP contribution in [0.1, 0.15) is 57.9 Å². The molecule has 3 rings (SSSR count). The van der Waals surface area contributed by atoms with E-state index in [1.165, 1.54) is 0 Å². The van der Waals surface area contributed by atoms with Crippen molar-refractivity contribution in [1.29, 1.82) is 0 Å². The van der Waals surface area contributed by atoms with Crippen molar-refractivity contribution in [3.05, 3.63) is 95.5 Å². The predicted octanol–water partition coefficient (Wildman–Crippen LogP) is 6.84. The van der Waals surface area contributed by atoms with Gasteiger partial charge in [0.1, 0.15) is 0 Å². The number of rotatable bonds is 11. The number of sulfonamides is 1. The van der Waals surface area contributed by atoms with Crippen molar-refractivity contribution in [1.82, 2.24) is 4.31 Å². The van der Waals surface area contributed by atoms with E-state index in [1.807, 2.05) is 52.2 Å². The number of hydrogen-bond donors (Lipinski definition) is 0. The van der Waals surface area contributed by atoms with Crippen LogP contribution in [0.4, 0.5) is 5.69 Å². The Labute approximate surface area is 229 Å². The number of fused-ring (bicyclic) bond motifs is 1. The van der Waals surface area contributed by atoms with E-state index in [-0.39, 0.29) is 16.1 Å². The van der Waals surface area contributed by atoms with Crippen LogP contribution in [0, 0.1) is 5.41 Å². The lowest BCUT2D eigenvalue weighted by Gasteiger charge is -2.46. The molecule has 2 aliphatic rings. The Bertz CT molecular complexity index is 1260. The smallest absolute Gasteiger partial charge is 0.242 e. The molecule has 5 nitrogen and oxygen atoms in total. The molecule has 0 aromatic heterocycles. The number of nitrogens with zero attached hydrogens (tertiary/aromatic N) is 2. The highest BCUT2D eigenvalue weighted by Gasteiger charge is 2.44. The summed E-state index contributed by atoms with van der Waals surface area (Å²) in [4.78, 5) is 14.3. The van der Waals surface area contributed by atoms with Crippen molar-refractivity contribution in [2.24, 2.45) is 5.41 Å². The van der Waals surface area contributed by atoms with Gasteiger partial charge in [-0.2, -0.15) is 4.31 Å². The maximum atomic E-state index is 13.5. The average Bonchev–Trinajstić information content (AvgIpc) is 2.91. The molecule has 0 saturated carbocycles. The molecule has 0 spiro atoms. The largest absolute Gasteiger partial charge is 0.378 e.